The molecule has 5 unspecified atom stereocenters. The SMILES string of the molecule is C=CC(=O)OC12C(F)C3(O)C(F)(F)C(O)(C1(F)F)C(F)(F)C(OC(=O)C=C)(C3(F)F)C2(F)F. The summed E-state index contributed by atoms with van der Waals surface area (Å²) >= 11 is 0. The molecule has 4 aliphatic rings. The molecule has 4 saturated carbocycles. The molecule has 0 aromatic heterocycles. The number of halogens is 11. The molecule has 4 bridgehead atoms. The summed E-state index contributed by atoms with van der Waals surface area (Å²) in [4.78, 5) is 22.9. The zero-order chi connectivity index (χ0) is 26.1. The van der Waals surface area contributed by atoms with Crippen LogP contribution in [0.1, 0.15) is 0 Å². The second-order valence-electron chi connectivity index (χ2n) is 7.38. The van der Waals surface area contributed by atoms with Crippen LogP contribution in [0, 0.1) is 0 Å². The summed E-state index contributed by atoms with van der Waals surface area (Å²) in [5.41, 5.74) is -26.1. The Morgan fingerprint density at radius 1 is 0.697 bits per heavy atom. The molecular formula is C16H9F11O6. The Morgan fingerprint density at radius 2 is 1.12 bits per heavy atom. The van der Waals surface area contributed by atoms with Gasteiger partial charge in [-0.15, -0.1) is 0 Å². The van der Waals surface area contributed by atoms with Crippen molar-refractivity contribution >= 4 is 11.9 Å². The predicted octanol–water partition coefficient (Wildman–Crippen LogP) is 1.94. The average Bonchev–Trinajstić information content (AvgIpc) is 2.69. The topological polar surface area (TPSA) is 93.1 Å². The first kappa shape index (κ1) is 25.2. The molecule has 186 valence electrons. The van der Waals surface area contributed by atoms with Crippen molar-refractivity contribution < 1.29 is 77.6 Å². The molecule has 0 aliphatic heterocycles. The van der Waals surface area contributed by atoms with Gasteiger partial charge in [0.25, 0.3) is 11.2 Å². The largest absolute Gasteiger partial charge is 0.439 e. The van der Waals surface area contributed by atoms with Crippen LogP contribution >= 0.6 is 0 Å². The molecular weight excluding hydrogens is 497 g/mol. The zero-order valence-corrected chi connectivity index (χ0v) is 15.3. The van der Waals surface area contributed by atoms with Gasteiger partial charge in [0, 0.05) is 12.2 Å². The Bertz CT molecular complexity index is 980. The fraction of sp³-hybridized carbons (Fsp3) is 0.625. The summed E-state index contributed by atoms with van der Waals surface area (Å²) in [6.45, 7) is 5.01. The van der Waals surface area contributed by atoms with E-state index in [4.69, 9.17) is 0 Å². The number of rotatable bonds is 4. The molecule has 17 heteroatoms. The molecule has 4 rings (SSSR count). The van der Waals surface area contributed by atoms with E-state index in [2.05, 4.69) is 22.6 Å². The van der Waals surface area contributed by atoms with E-state index in [-0.39, 0.29) is 12.2 Å². The second-order valence-corrected chi connectivity index (χ2v) is 7.38. The van der Waals surface area contributed by atoms with Crippen LogP contribution in [0.2, 0.25) is 0 Å². The minimum Gasteiger partial charge on any atom is -0.439 e. The van der Waals surface area contributed by atoms with Crippen molar-refractivity contribution in [2.75, 3.05) is 0 Å². The van der Waals surface area contributed by atoms with Crippen LogP contribution in [-0.4, -0.2) is 80.3 Å². The van der Waals surface area contributed by atoms with Crippen molar-refractivity contribution in [2.45, 2.75) is 58.2 Å². The van der Waals surface area contributed by atoms with E-state index in [1.807, 2.05) is 0 Å². The van der Waals surface area contributed by atoms with Gasteiger partial charge >= 0.3 is 47.2 Å². The molecule has 2 N–H and O–H groups in total. The molecule has 0 aromatic rings. The van der Waals surface area contributed by atoms with Crippen molar-refractivity contribution in [3.8, 4) is 0 Å². The summed E-state index contributed by atoms with van der Waals surface area (Å²) in [5, 5.41) is 19.8. The standard InChI is InChI=1S/C16H9F11O6/c1-3-5(28)32-9-7(17)8(30)12(18,19)10(31,14(9,22)23)16(26,27)11(13(8,20)21,15(9,24)25)33-6(29)4-2/h3-4,7,30-31H,1-2H2. The van der Waals surface area contributed by atoms with E-state index in [9.17, 15) is 28.6 Å². The highest BCUT2D eigenvalue weighted by Crippen LogP contribution is 2.84. The van der Waals surface area contributed by atoms with Gasteiger partial charge in [0.1, 0.15) is 0 Å². The van der Waals surface area contributed by atoms with Crippen LogP contribution in [0.5, 0.6) is 0 Å². The Labute approximate surface area is 174 Å². The van der Waals surface area contributed by atoms with Gasteiger partial charge < -0.3 is 19.7 Å². The highest BCUT2D eigenvalue weighted by molar-refractivity contribution is 5.83. The Morgan fingerprint density at radius 3 is 1.55 bits per heavy atom. The van der Waals surface area contributed by atoms with E-state index >= 15 is 39.5 Å². The summed E-state index contributed by atoms with van der Waals surface area (Å²) in [6, 6.07) is 0. The maximum Gasteiger partial charge on any atom is 0.347 e. The number of alkyl halides is 11. The van der Waals surface area contributed by atoms with Gasteiger partial charge in [-0.3, -0.25) is 0 Å². The van der Waals surface area contributed by atoms with Gasteiger partial charge in [-0.2, -0.15) is 43.9 Å². The van der Waals surface area contributed by atoms with Crippen LogP contribution in [0.15, 0.2) is 25.3 Å². The molecule has 0 radical (unpaired) electrons. The number of ether oxygens (including phenoxy) is 2. The Hall–Kier alpha value is -2.43. The number of carbonyl (C=O) groups excluding carboxylic acids is 2. The normalized spacial score (nSPS) is 44.6. The summed E-state index contributed by atoms with van der Waals surface area (Å²) in [5.74, 6) is -40.7. The third kappa shape index (κ3) is 1.74. The zero-order valence-electron chi connectivity index (χ0n) is 15.3. The molecule has 0 saturated heterocycles. The molecule has 4 fully saturated rings. The predicted molar refractivity (Wildman–Crippen MR) is 77.6 cm³/mol. The van der Waals surface area contributed by atoms with Crippen LogP contribution in [0.3, 0.4) is 0 Å². The maximum atomic E-state index is 15.4. The van der Waals surface area contributed by atoms with E-state index in [1.54, 1.807) is 0 Å². The lowest BCUT2D eigenvalue weighted by atomic mass is 9.39. The van der Waals surface area contributed by atoms with Gasteiger partial charge in [0.15, 0.2) is 6.17 Å². The molecule has 0 heterocycles. The lowest BCUT2D eigenvalue weighted by Crippen LogP contribution is -3.10. The minimum atomic E-state index is -7.25. The quantitative estimate of drug-likeness (QED) is 0.344. The van der Waals surface area contributed by atoms with E-state index in [0.29, 0.717) is 0 Å². The average molecular weight is 506 g/mol. The van der Waals surface area contributed by atoms with Crippen molar-refractivity contribution in [3.05, 3.63) is 25.3 Å². The molecule has 6 nitrogen and oxygen atoms in total. The first-order chi connectivity index (χ1) is 14.6. The molecule has 4 aliphatic carbocycles. The Balaban J connectivity index is 2.68. The molecule has 0 aromatic carbocycles. The highest BCUT2D eigenvalue weighted by Gasteiger charge is 3.19. The van der Waals surface area contributed by atoms with Crippen LogP contribution in [0.4, 0.5) is 48.3 Å². The number of carbonyl (C=O) groups is 2. The summed E-state index contributed by atoms with van der Waals surface area (Å²) in [7, 11) is 0. The van der Waals surface area contributed by atoms with Gasteiger partial charge in [0.05, 0.1) is 0 Å². The molecule has 0 spiro atoms. The fourth-order valence-electron chi connectivity index (χ4n) is 4.60. The number of esters is 2. The smallest absolute Gasteiger partial charge is 0.347 e. The van der Waals surface area contributed by atoms with Crippen molar-refractivity contribution in [3.63, 3.8) is 0 Å². The maximum absolute atomic E-state index is 15.4. The molecule has 5 atom stereocenters. The van der Waals surface area contributed by atoms with Crippen LogP contribution in [-0.2, 0) is 19.1 Å². The van der Waals surface area contributed by atoms with E-state index in [0.717, 1.165) is 0 Å². The van der Waals surface area contributed by atoms with Crippen molar-refractivity contribution in [1.29, 1.82) is 0 Å². The van der Waals surface area contributed by atoms with Crippen LogP contribution < -0.4 is 0 Å². The van der Waals surface area contributed by atoms with E-state index in [1.165, 1.54) is 0 Å². The summed E-state index contributed by atoms with van der Waals surface area (Å²) in [6.07, 6.45) is -6.14. The summed E-state index contributed by atoms with van der Waals surface area (Å²) < 4.78 is 172. The third-order valence-electron chi connectivity index (χ3n) is 6.15. The van der Waals surface area contributed by atoms with Crippen molar-refractivity contribution in [2.24, 2.45) is 0 Å². The van der Waals surface area contributed by atoms with E-state index < -0.39 is 70.1 Å². The second kappa shape index (κ2) is 5.79. The minimum absolute atomic E-state index is 0.303. The number of hydrogen-bond acceptors (Lipinski definition) is 6. The monoisotopic (exact) mass is 506 g/mol. The van der Waals surface area contributed by atoms with Crippen molar-refractivity contribution in [1.82, 2.24) is 0 Å². The highest BCUT2D eigenvalue weighted by atomic mass is 19.3. The fourth-order valence-corrected chi connectivity index (χ4v) is 4.60. The van der Waals surface area contributed by atoms with Crippen LogP contribution in [0.25, 0.3) is 0 Å². The number of aliphatic hydroxyl groups is 2. The van der Waals surface area contributed by atoms with Gasteiger partial charge in [0.2, 0.25) is 5.60 Å². The molecule has 0 amide bonds. The lowest BCUT2D eigenvalue weighted by Gasteiger charge is -2.75. The van der Waals surface area contributed by atoms with Gasteiger partial charge in [-0.05, 0) is 0 Å². The van der Waals surface area contributed by atoms with Gasteiger partial charge in [-0.25, -0.2) is 14.0 Å². The first-order valence-electron chi connectivity index (χ1n) is 8.25. The Kier molecular flexibility index (Phi) is 4.42. The number of hydrogen-bond donors (Lipinski definition) is 2. The lowest BCUT2D eigenvalue weighted by molar-refractivity contribution is -0.611. The first-order valence-corrected chi connectivity index (χ1v) is 8.25. The molecule has 33 heavy (non-hydrogen) atoms. The van der Waals surface area contributed by atoms with Gasteiger partial charge in [-0.1, -0.05) is 13.2 Å². The third-order valence-corrected chi connectivity index (χ3v) is 6.15.